The van der Waals surface area contributed by atoms with Gasteiger partial charge in [-0.25, -0.2) is 8.42 Å². The summed E-state index contributed by atoms with van der Waals surface area (Å²) in [6.45, 7) is 1.54. The summed E-state index contributed by atoms with van der Waals surface area (Å²) in [5.41, 5.74) is 1.44. The first-order chi connectivity index (χ1) is 12.7. The van der Waals surface area contributed by atoms with Gasteiger partial charge in [0.25, 0.3) is 5.69 Å². The molecule has 27 heavy (non-hydrogen) atoms. The minimum atomic E-state index is -3.81. The molecule has 0 aliphatic carbocycles. The number of nitrogens with zero attached hydrogens (tertiary/aromatic N) is 2. The zero-order valence-electron chi connectivity index (χ0n) is 15.1. The summed E-state index contributed by atoms with van der Waals surface area (Å²) in [4.78, 5) is 22.6. The average Bonchev–Trinajstić information content (AvgIpc) is 2.60. The molecule has 1 N–H and O–H groups in total. The van der Waals surface area contributed by atoms with Crippen LogP contribution in [0.3, 0.4) is 0 Å². The van der Waals surface area contributed by atoms with Gasteiger partial charge in [0.05, 0.1) is 16.9 Å². The number of nitrogens with one attached hydrogen (secondary N) is 1. The van der Waals surface area contributed by atoms with Gasteiger partial charge in [-0.2, -0.15) is 0 Å². The first-order valence-electron chi connectivity index (χ1n) is 8.22. The molecule has 0 radical (unpaired) electrons. The van der Waals surface area contributed by atoms with Gasteiger partial charge in [0.1, 0.15) is 6.54 Å². The highest BCUT2D eigenvalue weighted by molar-refractivity contribution is 7.92. The highest BCUT2D eigenvalue weighted by Crippen LogP contribution is 2.27. The molecule has 9 heteroatoms. The van der Waals surface area contributed by atoms with Gasteiger partial charge in [0, 0.05) is 18.7 Å². The van der Waals surface area contributed by atoms with E-state index in [1.165, 1.54) is 12.1 Å². The summed E-state index contributed by atoms with van der Waals surface area (Å²) < 4.78 is 25.2. The van der Waals surface area contributed by atoms with Crippen LogP contribution in [-0.4, -0.2) is 38.6 Å². The molecule has 2 rings (SSSR count). The van der Waals surface area contributed by atoms with Crippen molar-refractivity contribution >= 4 is 27.3 Å². The van der Waals surface area contributed by atoms with Crippen LogP contribution in [0.1, 0.15) is 11.1 Å². The quantitative estimate of drug-likeness (QED) is 0.547. The first kappa shape index (κ1) is 20.4. The van der Waals surface area contributed by atoms with E-state index in [0.29, 0.717) is 18.5 Å². The molecule has 0 atom stereocenters. The number of hydrogen-bond donors (Lipinski definition) is 1. The van der Waals surface area contributed by atoms with Gasteiger partial charge in [-0.15, -0.1) is 0 Å². The zero-order chi connectivity index (χ0) is 20.0. The Labute approximate surface area is 158 Å². The zero-order valence-corrected chi connectivity index (χ0v) is 15.9. The van der Waals surface area contributed by atoms with Crippen LogP contribution < -0.4 is 9.62 Å². The monoisotopic (exact) mass is 391 g/mol. The smallest absolute Gasteiger partial charge is 0.271 e. The molecule has 0 aliphatic rings. The predicted octanol–water partition coefficient (Wildman–Crippen LogP) is 2.03. The van der Waals surface area contributed by atoms with Gasteiger partial charge in [-0.1, -0.05) is 36.4 Å². The maximum Gasteiger partial charge on any atom is 0.271 e. The third-order valence-corrected chi connectivity index (χ3v) is 5.06. The van der Waals surface area contributed by atoms with E-state index in [4.69, 9.17) is 0 Å². The summed E-state index contributed by atoms with van der Waals surface area (Å²) in [5, 5.41) is 13.7. The fourth-order valence-corrected chi connectivity index (χ4v) is 3.44. The van der Waals surface area contributed by atoms with E-state index < -0.39 is 27.4 Å². The molecule has 0 aromatic heterocycles. The van der Waals surface area contributed by atoms with Crippen molar-refractivity contribution in [3.63, 3.8) is 0 Å². The SMILES string of the molecule is Cc1ccc([N+](=O)[O-])cc1N(CC(=O)NCCc1ccccc1)S(C)(=O)=O. The first-order valence-corrected chi connectivity index (χ1v) is 10.1. The molecule has 0 unspecified atom stereocenters. The maximum atomic E-state index is 12.2. The summed E-state index contributed by atoms with van der Waals surface area (Å²) in [6, 6.07) is 13.5. The number of aryl methyl sites for hydroxylation is 1. The number of carbonyl (C=O) groups excluding carboxylic acids is 1. The predicted molar refractivity (Wildman–Crippen MR) is 103 cm³/mol. The minimum absolute atomic E-state index is 0.116. The Morgan fingerprint density at radius 2 is 1.85 bits per heavy atom. The standard InChI is InChI=1S/C18H21N3O5S/c1-14-8-9-16(21(23)24)12-17(14)20(27(2,25)26)13-18(22)19-11-10-15-6-4-3-5-7-15/h3-9,12H,10-11,13H2,1-2H3,(H,19,22). The number of amides is 1. The second-order valence-electron chi connectivity index (χ2n) is 6.08. The lowest BCUT2D eigenvalue weighted by atomic mass is 10.1. The van der Waals surface area contributed by atoms with Gasteiger partial charge in [0.15, 0.2) is 0 Å². The van der Waals surface area contributed by atoms with E-state index in [-0.39, 0.29) is 11.4 Å². The largest absolute Gasteiger partial charge is 0.354 e. The number of rotatable bonds is 8. The van der Waals surface area contributed by atoms with Crippen molar-refractivity contribution in [2.75, 3.05) is 23.7 Å². The van der Waals surface area contributed by atoms with Gasteiger partial charge < -0.3 is 5.32 Å². The van der Waals surface area contributed by atoms with Gasteiger partial charge >= 0.3 is 0 Å². The molecule has 2 aromatic rings. The molecule has 0 heterocycles. The van der Waals surface area contributed by atoms with E-state index in [9.17, 15) is 23.3 Å². The fraction of sp³-hybridized carbons (Fsp3) is 0.278. The molecule has 144 valence electrons. The van der Waals surface area contributed by atoms with Crippen molar-refractivity contribution in [3.05, 3.63) is 69.8 Å². The molecule has 0 saturated carbocycles. The Morgan fingerprint density at radius 1 is 1.19 bits per heavy atom. The molecule has 8 nitrogen and oxygen atoms in total. The number of benzene rings is 2. The number of hydrogen-bond acceptors (Lipinski definition) is 5. The molecule has 0 bridgehead atoms. The molecule has 0 saturated heterocycles. The molecule has 2 aromatic carbocycles. The number of sulfonamides is 1. The lowest BCUT2D eigenvalue weighted by molar-refractivity contribution is -0.384. The average molecular weight is 391 g/mol. The van der Waals surface area contributed by atoms with Crippen LogP contribution in [-0.2, 0) is 21.2 Å². The molecule has 1 amide bonds. The van der Waals surface area contributed by atoms with Crippen molar-refractivity contribution in [1.29, 1.82) is 0 Å². The molecule has 0 aliphatic heterocycles. The molecule has 0 fully saturated rings. The topological polar surface area (TPSA) is 110 Å². The van der Waals surface area contributed by atoms with Crippen molar-refractivity contribution < 1.29 is 18.1 Å². The van der Waals surface area contributed by atoms with E-state index >= 15 is 0 Å². The van der Waals surface area contributed by atoms with E-state index in [1.54, 1.807) is 6.92 Å². The highest BCUT2D eigenvalue weighted by atomic mass is 32.2. The molecule has 0 spiro atoms. The van der Waals surface area contributed by atoms with Crippen LogP contribution in [0.2, 0.25) is 0 Å². The Kier molecular flexibility index (Phi) is 6.51. The lowest BCUT2D eigenvalue weighted by Gasteiger charge is -2.23. The molecular weight excluding hydrogens is 370 g/mol. The second kappa shape index (κ2) is 8.63. The third kappa shape index (κ3) is 5.78. The summed E-state index contributed by atoms with van der Waals surface area (Å²) >= 11 is 0. The number of nitro benzene ring substituents is 1. The van der Waals surface area contributed by atoms with Crippen LogP contribution in [0.25, 0.3) is 0 Å². The maximum absolute atomic E-state index is 12.2. The van der Waals surface area contributed by atoms with E-state index in [1.807, 2.05) is 30.3 Å². The Morgan fingerprint density at radius 3 is 2.44 bits per heavy atom. The van der Waals surface area contributed by atoms with E-state index in [2.05, 4.69) is 5.32 Å². The number of anilines is 1. The Balaban J connectivity index is 2.12. The van der Waals surface area contributed by atoms with Crippen molar-refractivity contribution in [2.24, 2.45) is 0 Å². The van der Waals surface area contributed by atoms with Crippen LogP contribution >= 0.6 is 0 Å². The highest BCUT2D eigenvalue weighted by Gasteiger charge is 2.24. The van der Waals surface area contributed by atoms with Crippen LogP contribution in [0.5, 0.6) is 0 Å². The van der Waals surface area contributed by atoms with Crippen molar-refractivity contribution in [1.82, 2.24) is 5.32 Å². The summed E-state index contributed by atoms with van der Waals surface area (Å²) in [7, 11) is -3.81. The summed E-state index contributed by atoms with van der Waals surface area (Å²) in [6.07, 6.45) is 1.57. The molecular formula is C18H21N3O5S. The Hall–Kier alpha value is -2.94. The number of nitro groups is 1. The second-order valence-corrected chi connectivity index (χ2v) is 7.99. The van der Waals surface area contributed by atoms with Crippen molar-refractivity contribution in [3.8, 4) is 0 Å². The number of carbonyl (C=O) groups is 1. The van der Waals surface area contributed by atoms with Gasteiger partial charge in [-0.3, -0.25) is 19.2 Å². The lowest BCUT2D eigenvalue weighted by Crippen LogP contribution is -2.41. The minimum Gasteiger partial charge on any atom is -0.354 e. The third-order valence-electron chi connectivity index (χ3n) is 3.94. The van der Waals surface area contributed by atoms with Gasteiger partial charge in [-0.05, 0) is 24.5 Å². The van der Waals surface area contributed by atoms with Crippen LogP contribution in [0.4, 0.5) is 11.4 Å². The van der Waals surface area contributed by atoms with Crippen LogP contribution in [0.15, 0.2) is 48.5 Å². The van der Waals surface area contributed by atoms with Crippen LogP contribution in [0, 0.1) is 17.0 Å². The van der Waals surface area contributed by atoms with Crippen molar-refractivity contribution in [2.45, 2.75) is 13.3 Å². The summed E-state index contributed by atoms with van der Waals surface area (Å²) in [5.74, 6) is -0.484. The van der Waals surface area contributed by atoms with E-state index in [0.717, 1.165) is 22.2 Å². The Bertz CT molecular complexity index is 929. The van der Waals surface area contributed by atoms with Gasteiger partial charge in [0.2, 0.25) is 15.9 Å². The fourth-order valence-electron chi connectivity index (χ4n) is 2.54. The normalized spacial score (nSPS) is 11.0. The number of non-ortho nitro benzene ring substituents is 1.